The highest BCUT2D eigenvalue weighted by Gasteiger charge is 2.16. The van der Waals surface area contributed by atoms with Crippen LogP contribution in [-0.2, 0) is 4.79 Å². The van der Waals surface area contributed by atoms with Crippen LogP contribution in [0.5, 0.6) is 0 Å². The quantitative estimate of drug-likeness (QED) is 0.636. The number of nitrogens with two attached hydrogens (primary N) is 1. The average molecular weight is 158 g/mol. The van der Waals surface area contributed by atoms with E-state index in [0.29, 0.717) is 0 Å². The van der Waals surface area contributed by atoms with Gasteiger partial charge >= 0.3 is 0 Å². The second-order valence-electron chi connectivity index (χ2n) is 2.81. The summed E-state index contributed by atoms with van der Waals surface area (Å²) in [6, 6.07) is -0.0880. The van der Waals surface area contributed by atoms with Crippen molar-refractivity contribution in [2.45, 2.75) is 32.7 Å². The van der Waals surface area contributed by atoms with Gasteiger partial charge in [-0.1, -0.05) is 13.8 Å². The van der Waals surface area contributed by atoms with Gasteiger partial charge in [-0.3, -0.25) is 9.69 Å². The zero-order valence-corrected chi connectivity index (χ0v) is 7.63. The number of carbonyl (C=O) groups is 1. The SMILES string of the molecule is CCCN(C)C(CC)C(N)=O. The number of amides is 1. The van der Waals surface area contributed by atoms with E-state index in [4.69, 9.17) is 5.73 Å². The Morgan fingerprint density at radius 3 is 2.36 bits per heavy atom. The summed E-state index contributed by atoms with van der Waals surface area (Å²) in [5, 5.41) is 0. The minimum absolute atomic E-state index is 0.0880. The van der Waals surface area contributed by atoms with Crippen molar-refractivity contribution in [2.24, 2.45) is 5.73 Å². The molecule has 3 heteroatoms. The number of hydrogen-bond donors (Lipinski definition) is 1. The number of rotatable bonds is 5. The van der Waals surface area contributed by atoms with E-state index in [0.717, 1.165) is 19.4 Å². The molecule has 0 heterocycles. The van der Waals surface area contributed by atoms with E-state index in [1.807, 2.05) is 18.9 Å². The number of hydrogen-bond acceptors (Lipinski definition) is 2. The van der Waals surface area contributed by atoms with Gasteiger partial charge in [-0.2, -0.15) is 0 Å². The van der Waals surface area contributed by atoms with Crippen molar-refractivity contribution >= 4 is 5.91 Å². The first-order chi connectivity index (χ1) is 5.13. The van der Waals surface area contributed by atoms with Crippen LogP contribution in [0.15, 0.2) is 0 Å². The van der Waals surface area contributed by atoms with Crippen molar-refractivity contribution < 1.29 is 4.79 Å². The van der Waals surface area contributed by atoms with Gasteiger partial charge in [0.2, 0.25) is 5.91 Å². The highest BCUT2D eigenvalue weighted by molar-refractivity contribution is 5.79. The van der Waals surface area contributed by atoms with Crippen LogP contribution < -0.4 is 5.73 Å². The van der Waals surface area contributed by atoms with Crippen LogP contribution in [0.1, 0.15) is 26.7 Å². The number of carbonyl (C=O) groups excluding carboxylic acids is 1. The molecule has 0 aliphatic heterocycles. The number of nitrogens with zero attached hydrogens (tertiary/aromatic N) is 1. The van der Waals surface area contributed by atoms with Crippen LogP contribution in [0.25, 0.3) is 0 Å². The molecule has 0 aromatic rings. The normalized spacial score (nSPS) is 13.5. The molecule has 2 N–H and O–H groups in total. The van der Waals surface area contributed by atoms with Crippen molar-refractivity contribution in [3.63, 3.8) is 0 Å². The number of primary amides is 1. The minimum Gasteiger partial charge on any atom is -0.368 e. The minimum atomic E-state index is -0.219. The third-order valence-corrected chi connectivity index (χ3v) is 1.82. The predicted octanol–water partition coefficient (Wildman–Crippen LogP) is 0.592. The van der Waals surface area contributed by atoms with E-state index in [9.17, 15) is 4.79 Å². The van der Waals surface area contributed by atoms with Gasteiger partial charge in [-0.15, -0.1) is 0 Å². The van der Waals surface area contributed by atoms with Crippen LogP contribution >= 0.6 is 0 Å². The largest absolute Gasteiger partial charge is 0.368 e. The van der Waals surface area contributed by atoms with Gasteiger partial charge in [-0.25, -0.2) is 0 Å². The fourth-order valence-electron chi connectivity index (χ4n) is 1.24. The van der Waals surface area contributed by atoms with E-state index in [-0.39, 0.29) is 11.9 Å². The lowest BCUT2D eigenvalue weighted by Gasteiger charge is -2.23. The summed E-state index contributed by atoms with van der Waals surface area (Å²) in [6.45, 7) is 4.99. The molecule has 0 spiro atoms. The molecule has 0 saturated carbocycles. The highest BCUT2D eigenvalue weighted by atomic mass is 16.1. The first-order valence-electron chi connectivity index (χ1n) is 4.13. The van der Waals surface area contributed by atoms with E-state index < -0.39 is 0 Å². The molecule has 1 unspecified atom stereocenters. The summed E-state index contributed by atoms with van der Waals surface area (Å²) in [4.78, 5) is 12.8. The summed E-state index contributed by atoms with van der Waals surface area (Å²) in [5.74, 6) is -0.219. The first-order valence-corrected chi connectivity index (χ1v) is 4.13. The molecule has 0 saturated heterocycles. The maximum atomic E-state index is 10.8. The fourth-order valence-corrected chi connectivity index (χ4v) is 1.24. The van der Waals surface area contributed by atoms with Crippen LogP contribution in [0.4, 0.5) is 0 Å². The lowest BCUT2D eigenvalue weighted by Crippen LogP contribution is -2.42. The summed E-state index contributed by atoms with van der Waals surface area (Å²) in [5.41, 5.74) is 5.20. The van der Waals surface area contributed by atoms with Crippen molar-refractivity contribution in [3.05, 3.63) is 0 Å². The van der Waals surface area contributed by atoms with Crippen LogP contribution in [0, 0.1) is 0 Å². The molecule has 0 aromatic carbocycles. The zero-order chi connectivity index (χ0) is 8.85. The third-order valence-electron chi connectivity index (χ3n) is 1.82. The molecular formula is C8H18N2O. The molecule has 66 valence electrons. The molecule has 0 aliphatic carbocycles. The lowest BCUT2D eigenvalue weighted by molar-refractivity contribution is -0.122. The van der Waals surface area contributed by atoms with Crippen LogP contribution in [-0.4, -0.2) is 30.4 Å². The van der Waals surface area contributed by atoms with Gasteiger partial charge in [0.25, 0.3) is 0 Å². The Balaban J connectivity index is 3.91. The van der Waals surface area contributed by atoms with E-state index in [1.165, 1.54) is 0 Å². The zero-order valence-electron chi connectivity index (χ0n) is 7.63. The molecule has 3 nitrogen and oxygen atoms in total. The summed E-state index contributed by atoms with van der Waals surface area (Å²) in [6.07, 6.45) is 1.85. The highest BCUT2D eigenvalue weighted by Crippen LogP contribution is 2.00. The molecule has 0 bridgehead atoms. The molecule has 0 rings (SSSR count). The van der Waals surface area contributed by atoms with Gasteiger partial charge in [0.05, 0.1) is 6.04 Å². The summed E-state index contributed by atoms with van der Waals surface area (Å²) in [7, 11) is 1.93. The van der Waals surface area contributed by atoms with Gasteiger partial charge in [0.1, 0.15) is 0 Å². The Bertz CT molecular complexity index is 125. The van der Waals surface area contributed by atoms with Gasteiger partial charge in [0.15, 0.2) is 0 Å². The van der Waals surface area contributed by atoms with E-state index >= 15 is 0 Å². The smallest absolute Gasteiger partial charge is 0.234 e. The Kier molecular flexibility index (Phi) is 4.86. The van der Waals surface area contributed by atoms with Crippen LogP contribution in [0.2, 0.25) is 0 Å². The third kappa shape index (κ3) is 3.37. The van der Waals surface area contributed by atoms with Crippen molar-refractivity contribution in [3.8, 4) is 0 Å². The van der Waals surface area contributed by atoms with Crippen molar-refractivity contribution in [1.82, 2.24) is 4.90 Å². The molecule has 0 fully saturated rings. The average Bonchev–Trinajstić information content (AvgIpc) is 1.88. The molecule has 0 aliphatic rings. The van der Waals surface area contributed by atoms with E-state index in [2.05, 4.69) is 6.92 Å². The molecule has 0 radical (unpaired) electrons. The fraction of sp³-hybridized carbons (Fsp3) is 0.875. The predicted molar refractivity (Wildman–Crippen MR) is 46.2 cm³/mol. The Labute approximate surface area is 68.6 Å². The van der Waals surface area contributed by atoms with Gasteiger partial charge < -0.3 is 5.73 Å². The van der Waals surface area contributed by atoms with Gasteiger partial charge in [-0.05, 0) is 26.4 Å². The number of likely N-dealkylation sites (N-methyl/N-ethyl adjacent to an activating group) is 1. The lowest BCUT2D eigenvalue weighted by atomic mass is 10.2. The van der Waals surface area contributed by atoms with Crippen molar-refractivity contribution in [2.75, 3.05) is 13.6 Å². The second-order valence-corrected chi connectivity index (χ2v) is 2.81. The standard InChI is InChI=1S/C8H18N2O/c1-4-6-10(3)7(5-2)8(9)11/h7H,4-6H2,1-3H3,(H2,9,11). The molecule has 11 heavy (non-hydrogen) atoms. The van der Waals surface area contributed by atoms with Gasteiger partial charge in [0, 0.05) is 0 Å². The molecule has 1 amide bonds. The Morgan fingerprint density at radius 1 is 1.55 bits per heavy atom. The monoisotopic (exact) mass is 158 g/mol. The molecule has 1 atom stereocenters. The summed E-state index contributed by atoms with van der Waals surface area (Å²) < 4.78 is 0. The van der Waals surface area contributed by atoms with Crippen molar-refractivity contribution in [1.29, 1.82) is 0 Å². The molecule has 0 aromatic heterocycles. The molecular weight excluding hydrogens is 140 g/mol. The first kappa shape index (κ1) is 10.4. The summed E-state index contributed by atoms with van der Waals surface area (Å²) >= 11 is 0. The second kappa shape index (κ2) is 5.13. The Hall–Kier alpha value is -0.570. The van der Waals surface area contributed by atoms with Crippen LogP contribution in [0.3, 0.4) is 0 Å². The maximum absolute atomic E-state index is 10.8. The van der Waals surface area contributed by atoms with E-state index in [1.54, 1.807) is 0 Å². The maximum Gasteiger partial charge on any atom is 0.234 e. The topological polar surface area (TPSA) is 46.3 Å². The Morgan fingerprint density at radius 2 is 2.09 bits per heavy atom.